The molecule has 0 aliphatic carbocycles. The van der Waals surface area contributed by atoms with Crippen molar-refractivity contribution in [2.75, 3.05) is 6.54 Å². The quantitative estimate of drug-likeness (QED) is 0.859. The van der Waals surface area contributed by atoms with E-state index in [2.05, 4.69) is 27.4 Å². The van der Waals surface area contributed by atoms with E-state index in [-0.39, 0.29) is 12.1 Å². The minimum Gasteiger partial charge on any atom is -0.392 e. The molecular formula is C13H16N4O2. The first-order valence-electron chi connectivity index (χ1n) is 6.47. The highest BCUT2D eigenvalue weighted by Crippen LogP contribution is 2.25. The van der Waals surface area contributed by atoms with Crippen molar-refractivity contribution in [2.24, 2.45) is 0 Å². The van der Waals surface area contributed by atoms with Crippen LogP contribution in [0.15, 0.2) is 22.9 Å². The molecule has 0 amide bonds. The van der Waals surface area contributed by atoms with Crippen LogP contribution < -0.4 is 5.32 Å². The molecule has 100 valence electrons. The van der Waals surface area contributed by atoms with Crippen LogP contribution in [0.2, 0.25) is 0 Å². The molecule has 2 aromatic rings. The molecule has 3 rings (SSSR count). The molecule has 2 atom stereocenters. The lowest BCUT2D eigenvalue weighted by atomic mass is 10.1. The molecule has 1 fully saturated rings. The third kappa shape index (κ3) is 2.36. The summed E-state index contributed by atoms with van der Waals surface area (Å²) in [6.45, 7) is 2.63. The number of nitrogens with zero attached hydrogens (tertiary/aromatic N) is 3. The minimum atomic E-state index is -0.346. The Balaban J connectivity index is 1.88. The van der Waals surface area contributed by atoms with E-state index < -0.39 is 0 Å². The first-order valence-corrected chi connectivity index (χ1v) is 6.47. The van der Waals surface area contributed by atoms with E-state index in [0.717, 1.165) is 17.7 Å². The number of aromatic nitrogens is 3. The van der Waals surface area contributed by atoms with Crippen molar-refractivity contribution >= 4 is 0 Å². The zero-order valence-corrected chi connectivity index (χ0v) is 10.7. The van der Waals surface area contributed by atoms with Crippen LogP contribution in [-0.2, 0) is 6.42 Å². The monoisotopic (exact) mass is 260 g/mol. The maximum Gasteiger partial charge on any atom is 0.244 e. The number of hydrogen-bond acceptors (Lipinski definition) is 6. The number of aliphatic hydroxyl groups is 1. The highest BCUT2D eigenvalue weighted by Gasteiger charge is 2.28. The van der Waals surface area contributed by atoms with Crippen molar-refractivity contribution in [3.63, 3.8) is 0 Å². The molecule has 2 N–H and O–H groups in total. The van der Waals surface area contributed by atoms with Crippen molar-refractivity contribution in [1.82, 2.24) is 20.4 Å². The Kier molecular flexibility index (Phi) is 3.27. The largest absolute Gasteiger partial charge is 0.392 e. The molecule has 0 saturated carbocycles. The summed E-state index contributed by atoms with van der Waals surface area (Å²) < 4.78 is 5.28. The van der Waals surface area contributed by atoms with Gasteiger partial charge in [0.25, 0.3) is 0 Å². The van der Waals surface area contributed by atoms with Crippen LogP contribution in [0, 0.1) is 0 Å². The van der Waals surface area contributed by atoms with Gasteiger partial charge in [0.2, 0.25) is 11.7 Å². The van der Waals surface area contributed by atoms with E-state index >= 15 is 0 Å². The van der Waals surface area contributed by atoms with Gasteiger partial charge >= 0.3 is 0 Å². The second kappa shape index (κ2) is 5.07. The number of pyridine rings is 1. The van der Waals surface area contributed by atoms with Crippen LogP contribution >= 0.6 is 0 Å². The zero-order valence-electron chi connectivity index (χ0n) is 10.7. The lowest BCUT2D eigenvalue weighted by Crippen LogP contribution is -2.15. The highest BCUT2D eigenvalue weighted by atomic mass is 16.5. The summed E-state index contributed by atoms with van der Waals surface area (Å²) in [7, 11) is 0. The van der Waals surface area contributed by atoms with Crippen LogP contribution in [0.4, 0.5) is 0 Å². The fourth-order valence-corrected chi connectivity index (χ4v) is 2.30. The standard InChI is InChI=1S/C13H16N4O2/c1-2-8-4-3-5-14-11(8)12-16-13(19-17-12)10-6-9(18)7-15-10/h3-5,9-10,15,18H,2,6-7H2,1H3/t9-,10+/m0/s1. The van der Waals surface area contributed by atoms with Gasteiger partial charge in [-0.25, -0.2) is 0 Å². The Bertz CT molecular complexity index is 569. The van der Waals surface area contributed by atoms with Crippen LogP contribution in [0.5, 0.6) is 0 Å². The molecule has 2 aromatic heterocycles. The first kappa shape index (κ1) is 12.3. The fraction of sp³-hybridized carbons (Fsp3) is 0.462. The van der Waals surface area contributed by atoms with E-state index in [0.29, 0.717) is 24.7 Å². The molecule has 0 spiro atoms. The lowest BCUT2D eigenvalue weighted by molar-refractivity contribution is 0.191. The van der Waals surface area contributed by atoms with E-state index in [4.69, 9.17) is 4.52 Å². The molecule has 6 nitrogen and oxygen atoms in total. The molecule has 0 bridgehead atoms. The van der Waals surface area contributed by atoms with Crippen molar-refractivity contribution in [3.05, 3.63) is 29.8 Å². The Labute approximate surface area is 110 Å². The molecule has 6 heteroatoms. The van der Waals surface area contributed by atoms with Gasteiger partial charge in [0.05, 0.1) is 12.1 Å². The van der Waals surface area contributed by atoms with E-state index in [1.54, 1.807) is 6.20 Å². The van der Waals surface area contributed by atoms with Crippen LogP contribution in [0.1, 0.15) is 30.8 Å². The van der Waals surface area contributed by atoms with Crippen LogP contribution in [0.3, 0.4) is 0 Å². The van der Waals surface area contributed by atoms with E-state index in [1.807, 2.05) is 12.1 Å². The summed E-state index contributed by atoms with van der Waals surface area (Å²) >= 11 is 0. The lowest BCUT2D eigenvalue weighted by Gasteiger charge is -2.02. The van der Waals surface area contributed by atoms with Gasteiger partial charge in [0, 0.05) is 12.7 Å². The second-order valence-corrected chi connectivity index (χ2v) is 4.67. The van der Waals surface area contributed by atoms with Crippen LogP contribution in [-0.4, -0.2) is 32.9 Å². The Morgan fingerprint density at radius 3 is 3.16 bits per heavy atom. The summed E-state index contributed by atoms with van der Waals surface area (Å²) in [6.07, 6.45) is 2.85. The Morgan fingerprint density at radius 2 is 2.42 bits per heavy atom. The average molecular weight is 260 g/mol. The normalized spacial score (nSPS) is 22.8. The topological polar surface area (TPSA) is 84.1 Å². The van der Waals surface area contributed by atoms with Crippen LogP contribution in [0.25, 0.3) is 11.5 Å². The second-order valence-electron chi connectivity index (χ2n) is 4.67. The number of aliphatic hydroxyl groups excluding tert-OH is 1. The van der Waals surface area contributed by atoms with Gasteiger partial charge in [-0.1, -0.05) is 18.1 Å². The van der Waals surface area contributed by atoms with Gasteiger partial charge in [-0.3, -0.25) is 4.98 Å². The number of hydrogen-bond donors (Lipinski definition) is 2. The van der Waals surface area contributed by atoms with Gasteiger partial charge in [-0.05, 0) is 24.5 Å². The van der Waals surface area contributed by atoms with Crippen molar-refractivity contribution in [2.45, 2.75) is 31.9 Å². The minimum absolute atomic E-state index is 0.0648. The number of β-amino-alcohol motifs (C(OH)–C–C–N with tert-alkyl or cyclic N) is 1. The number of rotatable bonds is 3. The summed E-state index contributed by atoms with van der Waals surface area (Å²) in [5, 5.41) is 16.6. The molecule has 19 heavy (non-hydrogen) atoms. The zero-order chi connectivity index (χ0) is 13.2. The fourth-order valence-electron chi connectivity index (χ4n) is 2.30. The maximum absolute atomic E-state index is 9.50. The molecular weight excluding hydrogens is 244 g/mol. The number of aryl methyl sites for hydroxylation is 1. The predicted octanol–water partition coefficient (Wildman–Crippen LogP) is 1.09. The Morgan fingerprint density at radius 1 is 1.53 bits per heavy atom. The predicted molar refractivity (Wildman–Crippen MR) is 68.3 cm³/mol. The highest BCUT2D eigenvalue weighted by molar-refractivity contribution is 5.53. The van der Waals surface area contributed by atoms with Gasteiger partial charge in [-0.15, -0.1) is 0 Å². The van der Waals surface area contributed by atoms with E-state index in [9.17, 15) is 5.11 Å². The van der Waals surface area contributed by atoms with Gasteiger partial charge in [-0.2, -0.15) is 4.98 Å². The molecule has 3 heterocycles. The van der Waals surface area contributed by atoms with Crippen molar-refractivity contribution < 1.29 is 9.63 Å². The molecule has 0 aromatic carbocycles. The molecule has 1 aliphatic rings. The third-order valence-corrected chi connectivity index (χ3v) is 3.33. The summed E-state index contributed by atoms with van der Waals surface area (Å²) in [5.74, 6) is 1.02. The van der Waals surface area contributed by atoms with Gasteiger partial charge < -0.3 is 14.9 Å². The number of nitrogens with one attached hydrogen (secondary N) is 1. The Hall–Kier alpha value is -1.79. The summed E-state index contributed by atoms with van der Waals surface area (Å²) in [6, 6.07) is 3.85. The van der Waals surface area contributed by atoms with Gasteiger partial charge in [0.1, 0.15) is 5.69 Å². The first-order chi connectivity index (χ1) is 9.28. The van der Waals surface area contributed by atoms with Crippen molar-refractivity contribution in [1.29, 1.82) is 0 Å². The average Bonchev–Trinajstić information content (AvgIpc) is 3.07. The SMILES string of the molecule is CCc1cccnc1-c1noc([C@H]2C[C@H](O)CN2)n1. The summed E-state index contributed by atoms with van der Waals surface area (Å²) in [5.41, 5.74) is 1.85. The van der Waals surface area contributed by atoms with E-state index in [1.165, 1.54) is 0 Å². The molecule has 0 radical (unpaired) electrons. The molecule has 0 unspecified atom stereocenters. The third-order valence-electron chi connectivity index (χ3n) is 3.33. The molecule has 1 saturated heterocycles. The smallest absolute Gasteiger partial charge is 0.244 e. The summed E-state index contributed by atoms with van der Waals surface area (Å²) in [4.78, 5) is 8.71. The maximum atomic E-state index is 9.50. The van der Waals surface area contributed by atoms with Crippen molar-refractivity contribution in [3.8, 4) is 11.5 Å². The van der Waals surface area contributed by atoms with Gasteiger partial charge in [0.15, 0.2) is 0 Å². The molecule has 1 aliphatic heterocycles.